The summed E-state index contributed by atoms with van der Waals surface area (Å²) in [5, 5.41) is 25.3. The molecule has 5 rings (SSSR count). The minimum Gasteiger partial charge on any atom is -0.351 e. The van der Waals surface area contributed by atoms with Crippen LogP contribution in [0.1, 0.15) is 24.5 Å². The first-order valence-corrected chi connectivity index (χ1v) is 14.5. The smallest absolute Gasteiger partial charge is 0.262 e. The Morgan fingerprint density at radius 1 is 1.25 bits per heavy atom. The highest BCUT2D eigenvalue weighted by Gasteiger charge is 2.35. The minimum absolute atomic E-state index is 0.0225. The fourth-order valence-electron chi connectivity index (χ4n) is 4.75. The molecule has 0 saturated carbocycles. The zero-order valence-corrected chi connectivity index (χ0v) is 23.9. The molecule has 12 nitrogen and oxygen atoms in total. The van der Waals surface area contributed by atoms with Crippen molar-refractivity contribution in [1.82, 2.24) is 39.2 Å². The maximum atomic E-state index is 13.0. The Morgan fingerprint density at radius 3 is 2.75 bits per heavy atom. The SMILES string of the molecule is CNCc1ccc(-n2cc(-c3nc(N[C@H]4CCN(S(=O)(=O)c5ccn(C)n5)C[C@H]4C)ncc3C#N)cn2)c(Cl)c1. The van der Waals surface area contributed by atoms with Crippen molar-refractivity contribution in [2.24, 2.45) is 13.0 Å². The number of nitriles is 1. The molecule has 2 N–H and O–H groups in total. The van der Waals surface area contributed by atoms with Gasteiger partial charge in [0.2, 0.25) is 5.95 Å². The summed E-state index contributed by atoms with van der Waals surface area (Å²) >= 11 is 6.51. The Bertz CT molecular complexity index is 1680. The quantitative estimate of drug-likeness (QED) is 0.321. The molecule has 1 saturated heterocycles. The molecule has 2 atom stereocenters. The van der Waals surface area contributed by atoms with Gasteiger partial charge in [-0.2, -0.15) is 19.8 Å². The minimum atomic E-state index is -3.67. The van der Waals surface area contributed by atoms with Crippen LogP contribution >= 0.6 is 11.6 Å². The molecule has 1 aliphatic heterocycles. The van der Waals surface area contributed by atoms with Gasteiger partial charge in [-0.25, -0.2) is 23.1 Å². The number of anilines is 1. The second-order valence-electron chi connectivity index (χ2n) is 9.76. The van der Waals surface area contributed by atoms with Crippen LogP contribution in [0.2, 0.25) is 5.02 Å². The van der Waals surface area contributed by atoms with Crippen LogP contribution in [0.15, 0.2) is 54.1 Å². The summed E-state index contributed by atoms with van der Waals surface area (Å²) in [5.41, 5.74) is 3.15. The highest BCUT2D eigenvalue weighted by Crippen LogP contribution is 2.28. The van der Waals surface area contributed by atoms with Gasteiger partial charge in [0.1, 0.15) is 6.07 Å². The van der Waals surface area contributed by atoms with Crippen LogP contribution in [0.5, 0.6) is 0 Å². The lowest BCUT2D eigenvalue weighted by molar-refractivity contribution is 0.260. The average Bonchev–Trinajstić information content (AvgIpc) is 3.60. The van der Waals surface area contributed by atoms with Crippen molar-refractivity contribution in [1.29, 1.82) is 5.26 Å². The molecule has 1 fully saturated rings. The summed E-state index contributed by atoms with van der Waals surface area (Å²) in [6.45, 7) is 3.35. The number of halogens is 1. The molecule has 0 bridgehead atoms. The Hall–Kier alpha value is -3.83. The van der Waals surface area contributed by atoms with Gasteiger partial charge in [0.05, 0.1) is 34.4 Å². The van der Waals surface area contributed by atoms with E-state index in [1.54, 1.807) is 30.3 Å². The van der Waals surface area contributed by atoms with Crippen molar-refractivity contribution in [3.63, 3.8) is 0 Å². The van der Waals surface area contributed by atoms with E-state index in [0.717, 1.165) is 5.56 Å². The molecule has 3 aromatic heterocycles. The van der Waals surface area contributed by atoms with Gasteiger partial charge in [0.15, 0.2) is 5.03 Å². The number of nitrogens with zero attached hydrogens (tertiary/aromatic N) is 8. The molecule has 1 aliphatic rings. The van der Waals surface area contributed by atoms with E-state index in [2.05, 4.69) is 36.9 Å². The summed E-state index contributed by atoms with van der Waals surface area (Å²) in [4.78, 5) is 8.99. The molecular weight excluding hydrogens is 552 g/mol. The number of hydrogen-bond acceptors (Lipinski definition) is 9. The first-order valence-electron chi connectivity index (χ1n) is 12.7. The normalized spacial score (nSPS) is 18.0. The average molecular weight is 581 g/mol. The van der Waals surface area contributed by atoms with Crippen LogP contribution in [0.4, 0.5) is 5.95 Å². The molecule has 0 unspecified atom stereocenters. The van der Waals surface area contributed by atoms with Crippen LogP contribution in [-0.4, -0.2) is 68.4 Å². The number of hydrogen-bond donors (Lipinski definition) is 2. The fraction of sp³-hybridized carbons (Fsp3) is 0.346. The Morgan fingerprint density at radius 2 is 2.08 bits per heavy atom. The second-order valence-corrected chi connectivity index (χ2v) is 12.1. The lowest BCUT2D eigenvalue weighted by Gasteiger charge is -2.36. The van der Waals surface area contributed by atoms with Gasteiger partial charge in [0, 0.05) is 50.7 Å². The number of sulfonamides is 1. The number of aryl methyl sites for hydroxylation is 1. The Labute approximate surface area is 237 Å². The van der Waals surface area contributed by atoms with Crippen molar-refractivity contribution in [3.05, 3.63) is 65.2 Å². The summed E-state index contributed by atoms with van der Waals surface area (Å²) < 4.78 is 30.6. The van der Waals surface area contributed by atoms with Gasteiger partial charge in [0.25, 0.3) is 10.0 Å². The Kier molecular flexibility index (Phi) is 7.86. The van der Waals surface area contributed by atoms with Gasteiger partial charge >= 0.3 is 0 Å². The highest BCUT2D eigenvalue weighted by atomic mass is 35.5. The molecule has 208 valence electrons. The highest BCUT2D eigenvalue weighted by molar-refractivity contribution is 7.89. The van der Waals surface area contributed by atoms with Gasteiger partial charge in [-0.05, 0) is 43.1 Å². The van der Waals surface area contributed by atoms with Gasteiger partial charge in [-0.1, -0.05) is 24.6 Å². The number of piperidine rings is 1. The van der Waals surface area contributed by atoms with E-state index >= 15 is 0 Å². The summed E-state index contributed by atoms with van der Waals surface area (Å²) in [6, 6.07) is 9.35. The number of benzene rings is 1. The van der Waals surface area contributed by atoms with Crippen LogP contribution in [0.3, 0.4) is 0 Å². The van der Waals surface area contributed by atoms with Gasteiger partial charge in [-0.15, -0.1) is 0 Å². The Balaban J connectivity index is 1.33. The lowest BCUT2D eigenvalue weighted by Crippen LogP contribution is -2.47. The molecular formula is C26H29ClN10O2S. The van der Waals surface area contributed by atoms with E-state index in [0.29, 0.717) is 59.5 Å². The molecule has 1 aromatic carbocycles. The molecule has 0 radical (unpaired) electrons. The van der Waals surface area contributed by atoms with E-state index in [-0.39, 0.29) is 17.0 Å². The van der Waals surface area contributed by atoms with E-state index in [4.69, 9.17) is 11.6 Å². The standard InChI is InChI=1S/C26H29ClN10O2S/c1-17-15-36(40(38,39)24-7-8-35(3)34-24)9-6-22(17)32-26-30-13-19(11-28)25(33-26)20-14-31-37(16-20)23-5-4-18(12-29-2)10-21(23)27/h4-5,7-8,10,13-14,16-17,22,29H,6,9,12,15H2,1-3H3,(H,30,32,33)/t17-,22+/m1/s1. The van der Waals surface area contributed by atoms with Crippen LogP contribution in [-0.2, 0) is 23.6 Å². The first kappa shape index (κ1) is 27.7. The van der Waals surface area contributed by atoms with E-state index < -0.39 is 10.0 Å². The van der Waals surface area contributed by atoms with Crippen LogP contribution in [0, 0.1) is 17.2 Å². The molecule has 4 heterocycles. The first-order chi connectivity index (χ1) is 19.2. The number of aromatic nitrogens is 6. The third-order valence-corrected chi connectivity index (χ3v) is 8.94. The maximum Gasteiger partial charge on any atom is 0.262 e. The summed E-state index contributed by atoms with van der Waals surface area (Å²) in [6.07, 6.45) is 7.06. The van der Waals surface area contributed by atoms with Crippen molar-refractivity contribution < 1.29 is 8.42 Å². The number of nitrogens with one attached hydrogen (secondary N) is 2. The maximum absolute atomic E-state index is 13.0. The van der Waals surface area contributed by atoms with Crippen molar-refractivity contribution in [2.45, 2.75) is 31.0 Å². The lowest BCUT2D eigenvalue weighted by atomic mass is 9.95. The van der Waals surface area contributed by atoms with Crippen molar-refractivity contribution in [2.75, 3.05) is 25.5 Å². The zero-order valence-electron chi connectivity index (χ0n) is 22.3. The van der Waals surface area contributed by atoms with E-state index in [1.165, 1.54) is 21.3 Å². The topological polar surface area (TPSA) is 147 Å². The number of rotatable bonds is 8. The van der Waals surface area contributed by atoms with Crippen LogP contribution < -0.4 is 10.6 Å². The predicted octanol–water partition coefficient (Wildman–Crippen LogP) is 2.82. The third kappa shape index (κ3) is 5.57. The molecule has 40 heavy (non-hydrogen) atoms. The third-order valence-electron chi connectivity index (χ3n) is 6.88. The summed E-state index contributed by atoms with van der Waals surface area (Å²) in [5.74, 6) is 0.333. The monoisotopic (exact) mass is 580 g/mol. The second kappa shape index (κ2) is 11.3. The predicted molar refractivity (Wildman–Crippen MR) is 150 cm³/mol. The largest absolute Gasteiger partial charge is 0.351 e. The zero-order chi connectivity index (χ0) is 28.4. The van der Waals surface area contributed by atoms with E-state index in [9.17, 15) is 13.7 Å². The van der Waals surface area contributed by atoms with Gasteiger partial charge in [-0.3, -0.25) is 4.68 Å². The van der Waals surface area contributed by atoms with Gasteiger partial charge < -0.3 is 10.6 Å². The van der Waals surface area contributed by atoms with Crippen molar-refractivity contribution in [3.8, 4) is 23.0 Å². The molecule has 14 heteroatoms. The molecule has 4 aromatic rings. The summed E-state index contributed by atoms with van der Waals surface area (Å²) in [7, 11) is -0.108. The van der Waals surface area contributed by atoms with E-state index in [1.807, 2.05) is 32.2 Å². The molecule has 0 spiro atoms. The van der Waals surface area contributed by atoms with Crippen LogP contribution in [0.25, 0.3) is 16.9 Å². The van der Waals surface area contributed by atoms with Crippen molar-refractivity contribution >= 4 is 27.6 Å². The molecule has 0 amide bonds. The molecule has 0 aliphatic carbocycles. The fourth-order valence-corrected chi connectivity index (χ4v) is 6.55.